The van der Waals surface area contributed by atoms with Gasteiger partial charge in [-0.1, -0.05) is 12.1 Å². The zero-order valence-electron chi connectivity index (χ0n) is 11.0. The molecule has 1 fully saturated rings. The zero-order chi connectivity index (χ0) is 13.5. The summed E-state index contributed by atoms with van der Waals surface area (Å²) in [6, 6.07) is 4.08. The molecule has 6 heteroatoms. The molecule has 1 unspecified atom stereocenters. The molecule has 1 aliphatic heterocycles. The summed E-state index contributed by atoms with van der Waals surface area (Å²) in [5.74, 6) is 2.25. The minimum Gasteiger partial charge on any atom is -0.339 e. The molecule has 20 heavy (non-hydrogen) atoms. The van der Waals surface area contributed by atoms with Gasteiger partial charge in [0.15, 0.2) is 0 Å². The largest absolute Gasteiger partial charge is 0.339 e. The van der Waals surface area contributed by atoms with Crippen LogP contribution in [-0.2, 0) is 0 Å². The fraction of sp³-hybridized carbons (Fsp3) is 0.357. The maximum Gasteiger partial charge on any atom is 0.230 e. The summed E-state index contributed by atoms with van der Waals surface area (Å²) in [7, 11) is 0. The van der Waals surface area contributed by atoms with Gasteiger partial charge in [0.25, 0.3) is 0 Å². The lowest BCUT2D eigenvalue weighted by Crippen LogP contribution is -2.44. The van der Waals surface area contributed by atoms with E-state index in [9.17, 15) is 0 Å². The second-order valence-corrected chi connectivity index (χ2v) is 6.14. The van der Waals surface area contributed by atoms with Crippen LogP contribution in [0.3, 0.4) is 0 Å². The standard InChI is InChI=1S/C14H14N4OS/c1-8(10-5-15-6-10)14-17-13(18-19-14)9-4-12-11(16-7-9)2-3-20-12/h2-4,7-8,10,15H,5-6H2,1H3. The number of fused-ring (bicyclic) bond motifs is 1. The Morgan fingerprint density at radius 1 is 1.45 bits per heavy atom. The first kappa shape index (κ1) is 12.0. The molecule has 4 rings (SSSR count). The molecular formula is C14H14N4OS. The number of rotatable bonds is 3. The van der Waals surface area contributed by atoms with Crippen molar-refractivity contribution >= 4 is 21.6 Å². The van der Waals surface area contributed by atoms with Crippen molar-refractivity contribution in [3.05, 3.63) is 29.6 Å². The molecular weight excluding hydrogens is 272 g/mol. The first-order chi connectivity index (χ1) is 9.81. The molecule has 3 aromatic heterocycles. The van der Waals surface area contributed by atoms with Crippen molar-refractivity contribution in [1.29, 1.82) is 0 Å². The van der Waals surface area contributed by atoms with Gasteiger partial charge in [-0.3, -0.25) is 4.98 Å². The van der Waals surface area contributed by atoms with Gasteiger partial charge in [-0.15, -0.1) is 11.3 Å². The fourth-order valence-corrected chi connectivity index (χ4v) is 3.15. The highest BCUT2D eigenvalue weighted by atomic mass is 32.1. The SMILES string of the molecule is CC(c1nc(-c2cnc3ccsc3c2)no1)C1CNC1. The van der Waals surface area contributed by atoms with Gasteiger partial charge in [0.2, 0.25) is 11.7 Å². The second-order valence-electron chi connectivity index (χ2n) is 5.19. The smallest absolute Gasteiger partial charge is 0.230 e. The summed E-state index contributed by atoms with van der Waals surface area (Å²) in [4.78, 5) is 8.95. The summed E-state index contributed by atoms with van der Waals surface area (Å²) in [5, 5.41) is 9.40. The van der Waals surface area contributed by atoms with Crippen LogP contribution in [0, 0.1) is 5.92 Å². The van der Waals surface area contributed by atoms with Gasteiger partial charge in [0.05, 0.1) is 10.2 Å². The quantitative estimate of drug-likeness (QED) is 0.802. The van der Waals surface area contributed by atoms with Gasteiger partial charge in [0.1, 0.15) is 0 Å². The first-order valence-electron chi connectivity index (χ1n) is 6.69. The van der Waals surface area contributed by atoms with Gasteiger partial charge in [0, 0.05) is 17.7 Å². The molecule has 0 aromatic carbocycles. The number of aromatic nitrogens is 3. The lowest BCUT2D eigenvalue weighted by molar-refractivity contribution is 0.252. The molecule has 0 spiro atoms. The van der Waals surface area contributed by atoms with Crippen molar-refractivity contribution in [2.45, 2.75) is 12.8 Å². The first-order valence-corrected chi connectivity index (χ1v) is 7.57. The zero-order valence-corrected chi connectivity index (χ0v) is 11.9. The van der Waals surface area contributed by atoms with Gasteiger partial charge in [-0.2, -0.15) is 4.98 Å². The molecule has 5 nitrogen and oxygen atoms in total. The Hall–Kier alpha value is -1.79. The molecule has 0 aliphatic carbocycles. The van der Waals surface area contributed by atoms with Gasteiger partial charge < -0.3 is 9.84 Å². The minimum atomic E-state index is 0.302. The third-order valence-electron chi connectivity index (χ3n) is 3.91. The molecule has 0 bridgehead atoms. The monoisotopic (exact) mass is 286 g/mol. The summed E-state index contributed by atoms with van der Waals surface area (Å²) < 4.78 is 6.56. The number of nitrogens with zero attached hydrogens (tertiary/aromatic N) is 3. The van der Waals surface area contributed by atoms with E-state index >= 15 is 0 Å². The summed E-state index contributed by atoms with van der Waals surface area (Å²) >= 11 is 1.67. The molecule has 0 amide bonds. The Morgan fingerprint density at radius 3 is 3.15 bits per heavy atom. The van der Waals surface area contributed by atoms with Crippen molar-refractivity contribution < 1.29 is 4.52 Å². The van der Waals surface area contributed by atoms with Crippen LogP contribution >= 0.6 is 11.3 Å². The minimum absolute atomic E-state index is 0.302. The van der Waals surface area contributed by atoms with E-state index in [2.05, 4.69) is 33.4 Å². The number of hydrogen-bond acceptors (Lipinski definition) is 6. The summed E-state index contributed by atoms with van der Waals surface area (Å²) in [6.07, 6.45) is 1.80. The number of hydrogen-bond donors (Lipinski definition) is 1. The van der Waals surface area contributed by atoms with Crippen molar-refractivity contribution in [3.8, 4) is 11.4 Å². The van der Waals surface area contributed by atoms with Crippen LogP contribution in [0.15, 0.2) is 28.2 Å². The van der Waals surface area contributed by atoms with Crippen LogP contribution in [0.4, 0.5) is 0 Å². The van der Waals surface area contributed by atoms with Gasteiger partial charge in [-0.25, -0.2) is 0 Å². The Balaban J connectivity index is 1.66. The summed E-state index contributed by atoms with van der Waals surface area (Å²) in [6.45, 7) is 4.20. The third-order valence-corrected chi connectivity index (χ3v) is 4.77. The third kappa shape index (κ3) is 1.92. The topological polar surface area (TPSA) is 63.8 Å². The predicted octanol–water partition coefficient (Wildman–Crippen LogP) is 2.67. The number of nitrogens with one attached hydrogen (secondary N) is 1. The van der Waals surface area contributed by atoms with Gasteiger partial charge >= 0.3 is 0 Å². The molecule has 1 N–H and O–H groups in total. The van der Waals surface area contributed by atoms with Crippen LogP contribution in [-0.4, -0.2) is 28.2 Å². The molecule has 1 aliphatic rings. The van der Waals surface area contributed by atoms with E-state index in [1.54, 1.807) is 17.5 Å². The maximum absolute atomic E-state index is 5.42. The molecule has 0 saturated carbocycles. The highest BCUT2D eigenvalue weighted by molar-refractivity contribution is 7.17. The van der Waals surface area contributed by atoms with E-state index in [1.165, 1.54) is 0 Å². The number of pyridine rings is 1. The van der Waals surface area contributed by atoms with Crippen LogP contribution in [0.1, 0.15) is 18.7 Å². The van der Waals surface area contributed by atoms with Crippen LogP contribution < -0.4 is 5.32 Å². The molecule has 102 valence electrons. The van der Waals surface area contributed by atoms with Crippen molar-refractivity contribution in [1.82, 2.24) is 20.4 Å². The average molecular weight is 286 g/mol. The highest BCUT2D eigenvalue weighted by Gasteiger charge is 2.28. The van der Waals surface area contributed by atoms with Crippen molar-refractivity contribution in [2.24, 2.45) is 5.92 Å². The highest BCUT2D eigenvalue weighted by Crippen LogP contribution is 2.28. The Bertz CT molecular complexity index is 746. The van der Waals surface area contributed by atoms with Crippen LogP contribution in [0.5, 0.6) is 0 Å². The second kappa shape index (κ2) is 4.64. The maximum atomic E-state index is 5.42. The molecule has 1 saturated heterocycles. The van der Waals surface area contributed by atoms with Gasteiger partial charge in [-0.05, 0) is 36.5 Å². The lowest BCUT2D eigenvalue weighted by atomic mass is 9.89. The van der Waals surface area contributed by atoms with Crippen molar-refractivity contribution in [2.75, 3.05) is 13.1 Å². The lowest BCUT2D eigenvalue weighted by Gasteiger charge is -2.30. The molecule has 4 heterocycles. The molecule has 1 atom stereocenters. The number of thiophene rings is 1. The predicted molar refractivity (Wildman–Crippen MR) is 77.7 cm³/mol. The Labute approximate surface area is 120 Å². The van der Waals surface area contributed by atoms with E-state index < -0.39 is 0 Å². The fourth-order valence-electron chi connectivity index (χ4n) is 2.37. The van der Waals surface area contributed by atoms with E-state index in [1.807, 2.05) is 11.4 Å². The van der Waals surface area contributed by atoms with E-state index in [4.69, 9.17) is 4.52 Å². The van der Waals surface area contributed by atoms with E-state index in [-0.39, 0.29) is 0 Å². The van der Waals surface area contributed by atoms with Crippen molar-refractivity contribution in [3.63, 3.8) is 0 Å². The molecule has 0 radical (unpaired) electrons. The Morgan fingerprint density at radius 2 is 2.35 bits per heavy atom. The van der Waals surface area contributed by atoms with Crippen LogP contribution in [0.25, 0.3) is 21.6 Å². The van der Waals surface area contributed by atoms with Crippen LogP contribution in [0.2, 0.25) is 0 Å². The average Bonchev–Trinajstić information content (AvgIpc) is 3.05. The Kier molecular flexibility index (Phi) is 2.78. The summed E-state index contributed by atoms with van der Waals surface area (Å²) in [5.41, 5.74) is 1.92. The normalized spacial score (nSPS) is 17.2. The molecule has 3 aromatic rings. The van der Waals surface area contributed by atoms with E-state index in [0.29, 0.717) is 17.7 Å². The van der Waals surface area contributed by atoms with E-state index in [0.717, 1.165) is 34.8 Å².